The maximum Gasteiger partial charge on any atom is 0.335 e. The summed E-state index contributed by atoms with van der Waals surface area (Å²) >= 11 is 0. The molecule has 0 unspecified atom stereocenters. The summed E-state index contributed by atoms with van der Waals surface area (Å²) in [7, 11) is 0. The van der Waals surface area contributed by atoms with Gasteiger partial charge in [-0.2, -0.15) is 0 Å². The molecule has 0 saturated carbocycles. The molecule has 2 rings (SSSR count). The third kappa shape index (κ3) is 3.15. The summed E-state index contributed by atoms with van der Waals surface area (Å²) in [5.74, 6) is -1.79. The van der Waals surface area contributed by atoms with Gasteiger partial charge >= 0.3 is 5.97 Å². The maximum absolute atomic E-state index is 14.1. The number of carbonyl (C=O) groups excluding carboxylic acids is 1. The molecule has 114 valence electrons. The van der Waals surface area contributed by atoms with Gasteiger partial charge in [-0.15, -0.1) is 0 Å². The Balaban J connectivity index is 2.37. The van der Waals surface area contributed by atoms with Crippen LogP contribution in [0.1, 0.15) is 36.7 Å². The molecule has 0 atom stereocenters. The fourth-order valence-corrected chi connectivity index (χ4v) is 2.20. The van der Waals surface area contributed by atoms with Crippen molar-refractivity contribution in [1.29, 1.82) is 0 Å². The summed E-state index contributed by atoms with van der Waals surface area (Å²) in [5, 5.41) is 8.94. The number of nitrogens with zero attached hydrogens (tertiary/aromatic N) is 1. The minimum absolute atomic E-state index is 0.0805. The van der Waals surface area contributed by atoms with Crippen molar-refractivity contribution < 1.29 is 23.8 Å². The molecule has 1 amide bonds. The molecule has 1 aromatic carbocycles. The molecule has 1 aromatic rings. The van der Waals surface area contributed by atoms with Crippen LogP contribution >= 0.6 is 0 Å². The Bertz CT molecular complexity index is 592. The van der Waals surface area contributed by atoms with Crippen LogP contribution in [0, 0.1) is 11.2 Å². The highest BCUT2D eigenvalue weighted by Crippen LogP contribution is 2.29. The van der Waals surface area contributed by atoms with Crippen LogP contribution in [0.25, 0.3) is 0 Å². The van der Waals surface area contributed by atoms with Crippen molar-refractivity contribution >= 4 is 11.9 Å². The Hall–Kier alpha value is -2.11. The van der Waals surface area contributed by atoms with E-state index >= 15 is 0 Å². The van der Waals surface area contributed by atoms with Crippen LogP contribution in [0.5, 0.6) is 5.75 Å². The van der Waals surface area contributed by atoms with E-state index in [9.17, 15) is 14.0 Å². The number of carbonyl (C=O) groups is 2. The summed E-state index contributed by atoms with van der Waals surface area (Å²) in [4.78, 5) is 24.8. The summed E-state index contributed by atoms with van der Waals surface area (Å²) < 4.78 is 19.5. The van der Waals surface area contributed by atoms with Crippen LogP contribution in [0.4, 0.5) is 4.39 Å². The van der Waals surface area contributed by atoms with E-state index in [-0.39, 0.29) is 35.9 Å². The smallest absolute Gasteiger partial charge is 0.335 e. The van der Waals surface area contributed by atoms with Crippen LogP contribution < -0.4 is 4.74 Å². The molecule has 0 spiro atoms. The molecule has 0 fully saturated rings. The van der Waals surface area contributed by atoms with Gasteiger partial charge in [-0.1, -0.05) is 20.8 Å². The lowest BCUT2D eigenvalue weighted by atomic mass is 9.94. The van der Waals surface area contributed by atoms with Gasteiger partial charge in [-0.3, -0.25) is 4.79 Å². The topological polar surface area (TPSA) is 66.8 Å². The zero-order valence-corrected chi connectivity index (χ0v) is 12.3. The molecule has 21 heavy (non-hydrogen) atoms. The molecule has 0 aliphatic carbocycles. The van der Waals surface area contributed by atoms with Gasteiger partial charge < -0.3 is 14.7 Å². The second kappa shape index (κ2) is 5.35. The highest BCUT2D eigenvalue weighted by Gasteiger charge is 2.30. The monoisotopic (exact) mass is 295 g/mol. The lowest BCUT2D eigenvalue weighted by Gasteiger charge is -2.27. The number of ether oxygens (including phenoxy) is 1. The second-order valence-electron chi connectivity index (χ2n) is 6.07. The Morgan fingerprint density at radius 1 is 1.33 bits per heavy atom. The van der Waals surface area contributed by atoms with E-state index in [1.807, 2.05) is 0 Å². The molecule has 0 aromatic heterocycles. The van der Waals surface area contributed by atoms with E-state index in [0.29, 0.717) is 6.54 Å². The van der Waals surface area contributed by atoms with Crippen molar-refractivity contribution in [3.8, 4) is 5.75 Å². The SMILES string of the molecule is CC(C)(C)C(=O)N1CCOc2cc(C(=O)O)cc(F)c2C1. The van der Waals surface area contributed by atoms with Gasteiger partial charge in [0.2, 0.25) is 5.91 Å². The van der Waals surface area contributed by atoms with Crippen LogP contribution in [0.3, 0.4) is 0 Å². The number of hydrogen-bond donors (Lipinski definition) is 1. The Morgan fingerprint density at radius 3 is 2.57 bits per heavy atom. The maximum atomic E-state index is 14.1. The standard InChI is InChI=1S/C15H18FNO4/c1-15(2,3)14(20)17-4-5-21-12-7-9(13(18)19)6-11(16)10(12)8-17/h6-7H,4-5,8H2,1-3H3,(H,18,19). The normalized spacial score (nSPS) is 15.0. The largest absolute Gasteiger partial charge is 0.491 e. The van der Waals surface area contributed by atoms with E-state index in [1.54, 1.807) is 20.8 Å². The predicted molar refractivity (Wildman–Crippen MR) is 73.7 cm³/mol. The fraction of sp³-hybridized carbons (Fsp3) is 0.467. The first-order valence-corrected chi connectivity index (χ1v) is 6.68. The van der Waals surface area contributed by atoms with E-state index in [2.05, 4.69) is 0 Å². The number of fused-ring (bicyclic) bond motifs is 1. The molecular weight excluding hydrogens is 277 g/mol. The van der Waals surface area contributed by atoms with Crippen LogP contribution in [-0.4, -0.2) is 35.0 Å². The molecular formula is C15H18FNO4. The van der Waals surface area contributed by atoms with Crippen molar-refractivity contribution in [2.24, 2.45) is 5.41 Å². The average molecular weight is 295 g/mol. The first kappa shape index (κ1) is 15.3. The summed E-state index contributed by atoms with van der Waals surface area (Å²) in [6, 6.07) is 2.25. The number of halogens is 1. The lowest BCUT2D eigenvalue weighted by molar-refractivity contribution is -0.140. The second-order valence-corrected chi connectivity index (χ2v) is 6.07. The van der Waals surface area contributed by atoms with Gasteiger partial charge in [-0.25, -0.2) is 9.18 Å². The summed E-state index contributed by atoms with van der Waals surface area (Å²) in [6.45, 7) is 6.02. The van der Waals surface area contributed by atoms with Gasteiger partial charge in [0.1, 0.15) is 18.2 Å². The molecule has 6 heteroatoms. The van der Waals surface area contributed by atoms with Crippen molar-refractivity contribution in [3.63, 3.8) is 0 Å². The van der Waals surface area contributed by atoms with Crippen molar-refractivity contribution in [3.05, 3.63) is 29.1 Å². The molecule has 0 saturated heterocycles. The third-order valence-electron chi connectivity index (χ3n) is 3.30. The average Bonchev–Trinajstić information content (AvgIpc) is 2.59. The molecule has 5 nitrogen and oxygen atoms in total. The molecule has 1 N–H and O–H groups in total. The van der Waals surface area contributed by atoms with Crippen LogP contribution in [0.15, 0.2) is 12.1 Å². The van der Waals surface area contributed by atoms with Crippen LogP contribution in [-0.2, 0) is 11.3 Å². The molecule has 0 radical (unpaired) electrons. The van der Waals surface area contributed by atoms with Crippen LogP contribution in [0.2, 0.25) is 0 Å². The zero-order chi connectivity index (χ0) is 15.8. The Labute approximate surface area is 122 Å². The molecule has 0 bridgehead atoms. The zero-order valence-electron chi connectivity index (χ0n) is 12.3. The van der Waals surface area contributed by atoms with E-state index in [1.165, 1.54) is 11.0 Å². The highest BCUT2D eigenvalue weighted by molar-refractivity contribution is 5.88. The molecule has 1 heterocycles. The fourth-order valence-electron chi connectivity index (χ4n) is 2.20. The van der Waals surface area contributed by atoms with Gasteiger partial charge in [0.15, 0.2) is 0 Å². The van der Waals surface area contributed by atoms with Gasteiger partial charge in [0.05, 0.1) is 18.7 Å². The number of hydrogen-bond acceptors (Lipinski definition) is 3. The van der Waals surface area contributed by atoms with E-state index in [4.69, 9.17) is 9.84 Å². The van der Waals surface area contributed by atoms with Crippen molar-refractivity contribution in [1.82, 2.24) is 4.90 Å². The van der Waals surface area contributed by atoms with Gasteiger partial charge in [0, 0.05) is 11.0 Å². The first-order chi connectivity index (χ1) is 9.70. The number of aromatic carboxylic acids is 1. The van der Waals surface area contributed by atoms with Gasteiger partial charge in [-0.05, 0) is 12.1 Å². The minimum atomic E-state index is -1.22. The predicted octanol–water partition coefficient (Wildman–Crippen LogP) is 2.29. The highest BCUT2D eigenvalue weighted by atomic mass is 19.1. The Kier molecular flexibility index (Phi) is 3.89. The number of rotatable bonds is 1. The van der Waals surface area contributed by atoms with E-state index in [0.717, 1.165) is 6.07 Å². The number of amides is 1. The molecule has 1 aliphatic rings. The van der Waals surface area contributed by atoms with E-state index < -0.39 is 17.2 Å². The quantitative estimate of drug-likeness (QED) is 0.863. The minimum Gasteiger partial charge on any atom is -0.491 e. The molecule has 1 aliphatic heterocycles. The Morgan fingerprint density at radius 2 is 2.00 bits per heavy atom. The van der Waals surface area contributed by atoms with Crippen molar-refractivity contribution in [2.45, 2.75) is 27.3 Å². The number of carboxylic acids is 1. The first-order valence-electron chi connectivity index (χ1n) is 6.68. The summed E-state index contributed by atoms with van der Waals surface area (Å²) in [6.07, 6.45) is 0. The third-order valence-corrected chi connectivity index (χ3v) is 3.30. The lowest BCUT2D eigenvalue weighted by Crippen LogP contribution is -2.40. The number of carboxylic acid groups (broad SMARTS) is 1. The number of benzene rings is 1. The van der Waals surface area contributed by atoms with Crippen molar-refractivity contribution in [2.75, 3.05) is 13.2 Å². The van der Waals surface area contributed by atoms with Gasteiger partial charge in [0.25, 0.3) is 0 Å². The summed E-state index contributed by atoms with van der Waals surface area (Å²) in [5.41, 5.74) is -0.515.